The Balaban J connectivity index is 1.22. The van der Waals surface area contributed by atoms with Crippen LogP contribution in [0.5, 0.6) is 0 Å². The highest BCUT2D eigenvalue weighted by molar-refractivity contribution is 5.84. The van der Waals surface area contributed by atoms with Gasteiger partial charge in [-0.3, -0.25) is 9.59 Å². The minimum Gasteiger partial charge on any atom is -0.462 e. The Bertz CT molecular complexity index is 1240. The van der Waals surface area contributed by atoms with Crippen LogP contribution in [0.2, 0.25) is 0 Å². The monoisotopic (exact) mass is 606 g/mol. The van der Waals surface area contributed by atoms with Gasteiger partial charge >= 0.3 is 5.97 Å². The highest BCUT2D eigenvalue weighted by atomic mass is 16.5. The molecule has 0 aromatic heterocycles. The summed E-state index contributed by atoms with van der Waals surface area (Å²) in [5.74, 6) is 3.15. The van der Waals surface area contributed by atoms with E-state index >= 15 is 0 Å². The molecule has 7 rings (SSSR count). The summed E-state index contributed by atoms with van der Waals surface area (Å²) in [4.78, 5) is 31.7. The van der Waals surface area contributed by atoms with Crippen molar-refractivity contribution in [2.45, 2.75) is 126 Å². The predicted molar refractivity (Wildman–Crippen MR) is 176 cm³/mol. The summed E-state index contributed by atoms with van der Waals surface area (Å²) in [5.41, 5.74) is 2.25. The number of piperazine rings is 1. The highest BCUT2D eigenvalue weighted by Gasteiger charge is 2.86. The molecule has 0 bridgehead atoms. The fourth-order valence-electron chi connectivity index (χ4n) is 15.1. The van der Waals surface area contributed by atoms with Gasteiger partial charge in [0.15, 0.2) is 0 Å². The molecule has 7 aliphatic rings. The zero-order chi connectivity index (χ0) is 31.7. The molecule has 1 saturated heterocycles. The second-order valence-electron chi connectivity index (χ2n) is 18.0. The van der Waals surface area contributed by atoms with Gasteiger partial charge in [0.05, 0.1) is 5.41 Å². The Morgan fingerprint density at radius 1 is 0.818 bits per heavy atom. The van der Waals surface area contributed by atoms with E-state index < -0.39 is 0 Å². The molecule has 6 saturated carbocycles. The van der Waals surface area contributed by atoms with Gasteiger partial charge < -0.3 is 14.5 Å². The summed E-state index contributed by atoms with van der Waals surface area (Å²) >= 11 is 0. The van der Waals surface area contributed by atoms with Crippen LogP contribution in [0.1, 0.15) is 120 Å². The Hall–Kier alpha value is -1.36. The van der Waals surface area contributed by atoms with Crippen molar-refractivity contribution in [3.05, 3.63) is 12.2 Å². The van der Waals surface area contributed by atoms with Crippen molar-refractivity contribution in [1.29, 1.82) is 0 Å². The van der Waals surface area contributed by atoms with E-state index in [4.69, 9.17) is 4.74 Å². The van der Waals surface area contributed by atoms with Crippen LogP contribution >= 0.6 is 0 Å². The number of likely N-dealkylation sites (N-methyl/N-ethyl adjacent to an activating group) is 1. The Morgan fingerprint density at radius 3 is 2.14 bits per heavy atom. The molecule has 5 heteroatoms. The number of carbonyl (C=O) groups is 2. The number of allylic oxidation sites excluding steroid dienone is 1. The first kappa shape index (κ1) is 31.3. The molecule has 7 fully saturated rings. The highest BCUT2D eigenvalue weighted by Crippen LogP contribution is 2.90. The third-order valence-electron chi connectivity index (χ3n) is 17.6. The van der Waals surface area contributed by atoms with Crippen molar-refractivity contribution < 1.29 is 14.3 Å². The van der Waals surface area contributed by atoms with Crippen molar-refractivity contribution in [3.63, 3.8) is 0 Å². The van der Waals surface area contributed by atoms with Gasteiger partial charge in [0.2, 0.25) is 5.91 Å². The molecule has 0 aromatic rings. The average Bonchev–Trinajstić information content (AvgIpc) is 3.28. The number of hydrogen-bond acceptors (Lipinski definition) is 4. The number of carbonyl (C=O) groups excluding carboxylic acids is 2. The minimum absolute atomic E-state index is 0.0645. The second kappa shape index (κ2) is 9.83. The lowest BCUT2D eigenvalue weighted by atomic mass is 9.32. The lowest BCUT2D eigenvalue weighted by Crippen LogP contribution is -2.67. The molecule has 1 aliphatic heterocycles. The quantitative estimate of drug-likeness (QED) is 0.243. The number of fused-ring (bicyclic) bond motifs is 6. The molecule has 2 unspecified atom stereocenters. The zero-order valence-corrected chi connectivity index (χ0v) is 29.4. The molecule has 1 heterocycles. The first-order valence-corrected chi connectivity index (χ1v) is 18.5. The first-order chi connectivity index (χ1) is 20.7. The van der Waals surface area contributed by atoms with Gasteiger partial charge in [0.25, 0.3) is 0 Å². The predicted octanol–water partition coefficient (Wildman–Crippen LogP) is 7.74. The van der Waals surface area contributed by atoms with Crippen LogP contribution in [-0.4, -0.2) is 60.5 Å². The second-order valence-corrected chi connectivity index (χ2v) is 18.0. The van der Waals surface area contributed by atoms with Crippen LogP contribution in [0.4, 0.5) is 0 Å². The third kappa shape index (κ3) is 3.52. The van der Waals surface area contributed by atoms with Gasteiger partial charge in [-0.15, -0.1) is 0 Å². The van der Waals surface area contributed by atoms with E-state index in [2.05, 4.69) is 64.8 Å². The maximum atomic E-state index is 14.8. The number of amides is 1. The molecule has 5 nitrogen and oxygen atoms in total. The Labute approximate surface area is 268 Å². The SMILES string of the molecule is C=C(C)[C@@H]1CC[C@]2(C(=O)N3CCN(CC)CC3)CC[C@]3(C)[C@H](CC[C@H]4[C@@]3(C)CC[C@@]35C(C)C3(C)[C@@H](OC(C)=O)CC[C@]45C)[C@@H]12. The molecule has 44 heavy (non-hydrogen) atoms. The molecular formula is C39H62N2O3. The van der Waals surface area contributed by atoms with Crippen molar-refractivity contribution in [1.82, 2.24) is 9.80 Å². The molecular weight excluding hydrogens is 544 g/mol. The molecule has 0 aromatic carbocycles. The van der Waals surface area contributed by atoms with Gasteiger partial charge in [-0.05, 0) is 129 Å². The third-order valence-corrected chi connectivity index (χ3v) is 17.6. The average molecular weight is 607 g/mol. The van der Waals surface area contributed by atoms with E-state index in [-0.39, 0.29) is 44.6 Å². The van der Waals surface area contributed by atoms with Crippen molar-refractivity contribution >= 4 is 11.9 Å². The summed E-state index contributed by atoms with van der Waals surface area (Å²) in [6.45, 7) is 28.6. The van der Waals surface area contributed by atoms with Gasteiger partial charge in [-0.2, -0.15) is 0 Å². The van der Waals surface area contributed by atoms with Gasteiger partial charge in [-0.1, -0.05) is 53.7 Å². The zero-order valence-electron chi connectivity index (χ0n) is 29.4. The van der Waals surface area contributed by atoms with Crippen LogP contribution in [-0.2, 0) is 14.3 Å². The summed E-state index contributed by atoms with van der Waals surface area (Å²) in [6.07, 6.45) is 11.8. The van der Waals surface area contributed by atoms with Gasteiger partial charge in [0.1, 0.15) is 6.10 Å². The number of ether oxygens (including phenoxy) is 1. The van der Waals surface area contributed by atoms with Gasteiger partial charge in [0, 0.05) is 38.5 Å². The smallest absolute Gasteiger partial charge is 0.302 e. The van der Waals surface area contributed by atoms with Crippen molar-refractivity contribution in [2.24, 2.45) is 62.1 Å². The van der Waals surface area contributed by atoms with Crippen LogP contribution < -0.4 is 0 Å². The Morgan fingerprint density at radius 2 is 1.50 bits per heavy atom. The normalized spacial score (nSPS) is 53.0. The molecule has 12 atom stereocenters. The summed E-state index contributed by atoms with van der Waals surface area (Å²) in [5, 5.41) is 0. The van der Waals surface area contributed by atoms with E-state index in [0.717, 1.165) is 58.4 Å². The van der Waals surface area contributed by atoms with Crippen LogP contribution in [0.3, 0.4) is 0 Å². The standard InChI is InChI=1S/C39H62N2O3/c1-10-40-21-23-41(24-22-40)33(43)38-16-13-28(25(2)3)32(38)29-11-12-30-35(7,34(29,6)17-19-38)18-20-39-26(4)37(39,9)31(44-27(5)42)14-15-36(30,39)8/h26,28-32H,2,10-24H2,1,3-9H3/t26?,28-,29+,30-,31-,32+,34+,35+,36+,37?,38-,39-/m0/s1. The summed E-state index contributed by atoms with van der Waals surface area (Å²) in [7, 11) is 0. The molecule has 6 aliphatic carbocycles. The number of nitrogens with zero attached hydrogens (tertiary/aromatic N) is 2. The molecule has 1 amide bonds. The molecule has 1 spiro atoms. The fourth-order valence-corrected chi connectivity index (χ4v) is 15.1. The van der Waals surface area contributed by atoms with E-state index in [1.165, 1.54) is 44.1 Å². The van der Waals surface area contributed by atoms with E-state index in [0.29, 0.717) is 35.5 Å². The maximum absolute atomic E-state index is 14.8. The molecule has 0 radical (unpaired) electrons. The van der Waals surface area contributed by atoms with Gasteiger partial charge in [-0.25, -0.2) is 0 Å². The number of esters is 1. The largest absolute Gasteiger partial charge is 0.462 e. The van der Waals surface area contributed by atoms with E-state index in [1.54, 1.807) is 6.92 Å². The fraction of sp³-hybridized carbons (Fsp3) is 0.897. The minimum atomic E-state index is -0.198. The first-order valence-electron chi connectivity index (χ1n) is 18.5. The van der Waals surface area contributed by atoms with Crippen molar-refractivity contribution in [3.8, 4) is 0 Å². The number of rotatable bonds is 4. The van der Waals surface area contributed by atoms with Crippen LogP contribution in [0.25, 0.3) is 0 Å². The summed E-state index contributed by atoms with van der Waals surface area (Å²) in [6, 6.07) is 0. The topological polar surface area (TPSA) is 49.9 Å². The Kier molecular flexibility index (Phi) is 6.98. The van der Waals surface area contributed by atoms with E-state index in [1.807, 2.05) is 0 Å². The van der Waals surface area contributed by atoms with Crippen molar-refractivity contribution in [2.75, 3.05) is 32.7 Å². The maximum Gasteiger partial charge on any atom is 0.302 e. The van der Waals surface area contributed by atoms with Crippen LogP contribution in [0, 0.1) is 62.1 Å². The lowest BCUT2D eigenvalue weighted by Gasteiger charge is -2.72. The molecule has 0 N–H and O–H groups in total. The van der Waals surface area contributed by atoms with Crippen LogP contribution in [0.15, 0.2) is 12.2 Å². The summed E-state index contributed by atoms with van der Waals surface area (Å²) < 4.78 is 6.07. The molecule has 246 valence electrons. The van der Waals surface area contributed by atoms with E-state index in [9.17, 15) is 9.59 Å². The number of hydrogen-bond donors (Lipinski definition) is 0. The lowest BCUT2D eigenvalue weighted by molar-refractivity contribution is -0.240.